The van der Waals surface area contributed by atoms with Gasteiger partial charge in [0.1, 0.15) is 12.4 Å². The van der Waals surface area contributed by atoms with E-state index in [1.54, 1.807) is 0 Å². The van der Waals surface area contributed by atoms with Crippen LogP contribution in [0.3, 0.4) is 0 Å². The number of ether oxygens (including phenoxy) is 1. The highest BCUT2D eigenvalue weighted by molar-refractivity contribution is 5.87. The van der Waals surface area contributed by atoms with Gasteiger partial charge in [0, 0.05) is 12.1 Å². The number of nitrogens with one attached hydrogen (secondary N) is 1. The zero-order chi connectivity index (χ0) is 13.7. The second kappa shape index (κ2) is 6.39. The van der Waals surface area contributed by atoms with E-state index in [1.165, 1.54) is 16.3 Å². The van der Waals surface area contributed by atoms with Crippen LogP contribution >= 0.6 is 0 Å². The molecule has 19 heavy (non-hydrogen) atoms. The lowest BCUT2D eigenvalue weighted by Crippen LogP contribution is -2.13. The summed E-state index contributed by atoms with van der Waals surface area (Å²) in [5.74, 6) is 0.947. The van der Waals surface area contributed by atoms with E-state index in [0.29, 0.717) is 6.61 Å². The molecule has 0 spiro atoms. The van der Waals surface area contributed by atoms with Gasteiger partial charge in [-0.2, -0.15) is 0 Å². The number of benzene rings is 2. The second-order valence-corrected chi connectivity index (χ2v) is 4.79. The number of rotatable bonds is 6. The fourth-order valence-electron chi connectivity index (χ4n) is 2.08. The van der Waals surface area contributed by atoms with Crippen molar-refractivity contribution in [1.29, 1.82) is 0 Å². The van der Waals surface area contributed by atoms with Crippen LogP contribution in [0.5, 0.6) is 5.75 Å². The van der Waals surface area contributed by atoms with Gasteiger partial charge >= 0.3 is 0 Å². The normalized spacial score (nSPS) is 10.6. The van der Waals surface area contributed by atoms with E-state index in [2.05, 4.69) is 55.2 Å². The first-order valence-electron chi connectivity index (χ1n) is 6.71. The Balaban J connectivity index is 2.40. The zero-order valence-electron chi connectivity index (χ0n) is 11.7. The average molecular weight is 255 g/mol. The molecule has 0 unspecified atom stereocenters. The largest absolute Gasteiger partial charge is 0.489 e. The van der Waals surface area contributed by atoms with Gasteiger partial charge in [0.05, 0.1) is 0 Å². The molecule has 2 heteroatoms. The SMILES string of the molecule is C=C(C)COc1ccc2ccccc2c1CNCC. The van der Waals surface area contributed by atoms with Crippen molar-refractivity contribution in [2.45, 2.75) is 20.4 Å². The fourth-order valence-corrected chi connectivity index (χ4v) is 2.08. The standard InChI is InChI=1S/C17H21NO/c1-4-18-11-16-15-8-6-5-7-14(15)9-10-17(16)19-12-13(2)3/h5-10,18H,2,4,11-12H2,1,3H3. The van der Waals surface area contributed by atoms with Crippen LogP contribution in [0.4, 0.5) is 0 Å². The molecular weight excluding hydrogens is 234 g/mol. The molecule has 2 nitrogen and oxygen atoms in total. The Bertz CT molecular complexity index is 574. The maximum Gasteiger partial charge on any atom is 0.124 e. The molecule has 0 bridgehead atoms. The Morgan fingerprint density at radius 2 is 2.00 bits per heavy atom. The van der Waals surface area contributed by atoms with Gasteiger partial charge in [-0.05, 0) is 35.9 Å². The molecule has 2 aromatic carbocycles. The van der Waals surface area contributed by atoms with E-state index in [1.807, 2.05) is 6.92 Å². The monoisotopic (exact) mass is 255 g/mol. The third-order valence-electron chi connectivity index (χ3n) is 3.02. The zero-order valence-corrected chi connectivity index (χ0v) is 11.7. The van der Waals surface area contributed by atoms with Crippen molar-refractivity contribution in [3.05, 3.63) is 54.1 Å². The van der Waals surface area contributed by atoms with Gasteiger partial charge < -0.3 is 10.1 Å². The third kappa shape index (κ3) is 3.36. The van der Waals surface area contributed by atoms with Gasteiger partial charge in [-0.15, -0.1) is 0 Å². The Morgan fingerprint density at radius 3 is 2.74 bits per heavy atom. The topological polar surface area (TPSA) is 21.3 Å². The summed E-state index contributed by atoms with van der Waals surface area (Å²) in [6.45, 7) is 10.3. The van der Waals surface area contributed by atoms with Crippen molar-refractivity contribution < 1.29 is 4.74 Å². The molecule has 0 atom stereocenters. The molecule has 2 aromatic rings. The minimum absolute atomic E-state index is 0.567. The number of hydrogen-bond donors (Lipinski definition) is 1. The van der Waals surface area contributed by atoms with Crippen LogP contribution in [0.25, 0.3) is 10.8 Å². The van der Waals surface area contributed by atoms with Crippen LogP contribution in [0.15, 0.2) is 48.6 Å². The molecule has 0 aliphatic rings. The summed E-state index contributed by atoms with van der Waals surface area (Å²) < 4.78 is 5.86. The first kappa shape index (κ1) is 13.6. The first-order valence-corrected chi connectivity index (χ1v) is 6.71. The van der Waals surface area contributed by atoms with Crippen LogP contribution in [-0.2, 0) is 6.54 Å². The molecule has 1 N–H and O–H groups in total. The third-order valence-corrected chi connectivity index (χ3v) is 3.02. The van der Waals surface area contributed by atoms with Gasteiger partial charge in [-0.25, -0.2) is 0 Å². The van der Waals surface area contributed by atoms with Crippen molar-refractivity contribution in [2.75, 3.05) is 13.2 Å². The van der Waals surface area contributed by atoms with E-state index in [0.717, 1.165) is 24.4 Å². The highest BCUT2D eigenvalue weighted by Gasteiger charge is 2.08. The Hall–Kier alpha value is -1.80. The van der Waals surface area contributed by atoms with Gasteiger partial charge in [0.2, 0.25) is 0 Å². The smallest absolute Gasteiger partial charge is 0.124 e. The molecule has 0 saturated heterocycles. The molecule has 0 aliphatic carbocycles. The van der Waals surface area contributed by atoms with Crippen molar-refractivity contribution in [3.63, 3.8) is 0 Å². The summed E-state index contributed by atoms with van der Waals surface area (Å²) in [5, 5.41) is 5.88. The summed E-state index contributed by atoms with van der Waals surface area (Å²) in [6, 6.07) is 12.6. The van der Waals surface area contributed by atoms with Crippen LogP contribution in [0, 0.1) is 0 Å². The average Bonchev–Trinajstić information content (AvgIpc) is 2.43. The molecule has 0 fully saturated rings. The second-order valence-electron chi connectivity index (χ2n) is 4.79. The summed E-state index contributed by atoms with van der Waals surface area (Å²) in [5.41, 5.74) is 2.25. The molecule has 100 valence electrons. The van der Waals surface area contributed by atoms with E-state index < -0.39 is 0 Å². The maximum atomic E-state index is 5.86. The highest BCUT2D eigenvalue weighted by atomic mass is 16.5. The van der Waals surface area contributed by atoms with E-state index in [4.69, 9.17) is 4.74 Å². The lowest BCUT2D eigenvalue weighted by Gasteiger charge is -2.14. The number of fused-ring (bicyclic) bond motifs is 1. The molecule has 0 radical (unpaired) electrons. The Morgan fingerprint density at radius 1 is 1.21 bits per heavy atom. The predicted octanol–water partition coefficient (Wildman–Crippen LogP) is 3.90. The molecule has 0 aromatic heterocycles. The molecule has 0 saturated carbocycles. The molecular formula is C17H21NO. The van der Waals surface area contributed by atoms with Crippen LogP contribution < -0.4 is 10.1 Å². The van der Waals surface area contributed by atoms with Crippen molar-refractivity contribution in [3.8, 4) is 5.75 Å². The summed E-state index contributed by atoms with van der Waals surface area (Å²) in [4.78, 5) is 0. The van der Waals surface area contributed by atoms with Crippen molar-refractivity contribution >= 4 is 10.8 Å². The van der Waals surface area contributed by atoms with Gasteiger partial charge in [-0.1, -0.05) is 43.8 Å². The molecule has 0 heterocycles. The van der Waals surface area contributed by atoms with E-state index in [-0.39, 0.29) is 0 Å². The molecule has 0 amide bonds. The number of hydrogen-bond acceptors (Lipinski definition) is 2. The summed E-state index contributed by atoms with van der Waals surface area (Å²) in [6.07, 6.45) is 0. The van der Waals surface area contributed by atoms with Gasteiger partial charge in [0.15, 0.2) is 0 Å². The lowest BCUT2D eigenvalue weighted by molar-refractivity contribution is 0.348. The van der Waals surface area contributed by atoms with Crippen LogP contribution in [-0.4, -0.2) is 13.2 Å². The van der Waals surface area contributed by atoms with Crippen molar-refractivity contribution in [1.82, 2.24) is 5.32 Å². The summed E-state index contributed by atoms with van der Waals surface area (Å²) in [7, 11) is 0. The maximum absolute atomic E-state index is 5.86. The fraction of sp³-hybridized carbons (Fsp3) is 0.294. The molecule has 2 rings (SSSR count). The minimum atomic E-state index is 0.567. The lowest BCUT2D eigenvalue weighted by atomic mass is 10.0. The van der Waals surface area contributed by atoms with E-state index >= 15 is 0 Å². The van der Waals surface area contributed by atoms with Crippen LogP contribution in [0.2, 0.25) is 0 Å². The minimum Gasteiger partial charge on any atom is -0.489 e. The summed E-state index contributed by atoms with van der Waals surface area (Å²) >= 11 is 0. The first-order chi connectivity index (χ1) is 9.22. The van der Waals surface area contributed by atoms with E-state index in [9.17, 15) is 0 Å². The van der Waals surface area contributed by atoms with Gasteiger partial charge in [0.25, 0.3) is 0 Å². The Kier molecular flexibility index (Phi) is 4.58. The quantitative estimate of drug-likeness (QED) is 0.790. The van der Waals surface area contributed by atoms with Gasteiger partial charge in [-0.3, -0.25) is 0 Å². The van der Waals surface area contributed by atoms with Crippen molar-refractivity contribution in [2.24, 2.45) is 0 Å². The van der Waals surface area contributed by atoms with Crippen LogP contribution in [0.1, 0.15) is 19.4 Å². The molecule has 0 aliphatic heterocycles. The Labute approximate surface area is 115 Å². The highest BCUT2D eigenvalue weighted by Crippen LogP contribution is 2.28. The predicted molar refractivity (Wildman–Crippen MR) is 81.6 cm³/mol.